The maximum absolute atomic E-state index is 14.5. The third-order valence-corrected chi connectivity index (χ3v) is 5.70. The SMILES string of the molecule is CCCCc1cc(C#N)c(NC[C@](O)(Cn2cncn2)c2ccc(F)cc2F)s1. The van der Waals surface area contributed by atoms with E-state index in [-0.39, 0.29) is 18.7 Å². The maximum atomic E-state index is 14.5. The number of halogens is 2. The van der Waals surface area contributed by atoms with Gasteiger partial charge in [0.1, 0.15) is 41.0 Å². The van der Waals surface area contributed by atoms with Gasteiger partial charge in [-0.15, -0.1) is 11.3 Å². The van der Waals surface area contributed by atoms with E-state index in [9.17, 15) is 19.1 Å². The second-order valence-electron chi connectivity index (χ2n) is 6.77. The lowest BCUT2D eigenvalue weighted by molar-refractivity contribution is 0.0248. The van der Waals surface area contributed by atoms with Gasteiger partial charge < -0.3 is 10.4 Å². The first-order valence-electron chi connectivity index (χ1n) is 9.22. The van der Waals surface area contributed by atoms with E-state index in [2.05, 4.69) is 28.4 Å². The topological polar surface area (TPSA) is 86.8 Å². The van der Waals surface area contributed by atoms with Crippen molar-refractivity contribution in [3.8, 4) is 6.07 Å². The third-order valence-electron chi connectivity index (χ3n) is 4.54. The van der Waals surface area contributed by atoms with Crippen LogP contribution in [-0.4, -0.2) is 26.4 Å². The Kier molecular flexibility index (Phi) is 6.56. The smallest absolute Gasteiger partial charge is 0.137 e. The van der Waals surface area contributed by atoms with Gasteiger partial charge in [-0.3, -0.25) is 0 Å². The van der Waals surface area contributed by atoms with Gasteiger partial charge in [-0.05, 0) is 25.0 Å². The number of rotatable bonds is 9. The van der Waals surface area contributed by atoms with E-state index in [4.69, 9.17) is 0 Å². The highest BCUT2D eigenvalue weighted by molar-refractivity contribution is 7.16. The van der Waals surface area contributed by atoms with Gasteiger partial charge in [0, 0.05) is 16.5 Å². The molecule has 2 aromatic heterocycles. The number of anilines is 1. The Labute approximate surface area is 171 Å². The number of hydrogen-bond acceptors (Lipinski definition) is 6. The van der Waals surface area contributed by atoms with Crippen LogP contribution in [-0.2, 0) is 18.6 Å². The second-order valence-corrected chi connectivity index (χ2v) is 7.91. The first-order valence-corrected chi connectivity index (χ1v) is 10.0. The average Bonchev–Trinajstić information content (AvgIpc) is 3.33. The zero-order valence-corrected chi connectivity index (χ0v) is 16.7. The maximum Gasteiger partial charge on any atom is 0.137 e. The number of benzene rings is 1. The number of unbranched alkanes of at least 4 members (excludes halogenated alkanes) is 1. The highest BCUT2D eigenvalue weighted by Gasteiger charge is 2.34. The summed E-state index contributed by atoms with van der Waals surface area (Å²) in [5.41, 5.74) is -1.34. The monoisotopic (exact) mass is 417 g/mol. The summed E-state index contributed by atoms with van der Waals surface area (Å²) in [7, 11) is 0. The van der Waals surface area contributed by atoms with Gasteiger partial charge >= 0.3 is 0 Å². The first-order chi connectivity index (χ1) is 13.9. The Bertz CT molecular complexity index is 999. The number of hydrogen-bond donors (Lipinski definition) is 2. The largest absolute Gasteiger partial charge is 0.381 e. The fourth-order valence-corrected chi connectivity index (χ4v) is 4.09. The fraction of sp³-hybridized carbons (Fsp3) is 0.350. The van der Waals surface area contributed by atoms with Crippen LogP contribution in [0, 0.1) is 23.0 Å². The van der Waals surface area contributed by atoms with Crippen LogP contribution in [0.1, 0.15) is 35.8 Å². The summed E-state index contributed by atoms with van der Waals surface area (Å²) < 4.78 is 29.2. The number of aliphatic hydroxyl groups is 1. The van der Waals surface area contributed by atoms with E-state index in [0.717, 1.165) is 36.3 Å². The number of nitrogens with zero attached hydrogens (tertiary/aromatic N) is 4. The summed E-state index contributed by atoms with van der Waals surface area (Å²) in [4.78, 5) is 4.91. The number of aromatic nitrogens is 3. The molecule has 0 aliphatic heterocycles. The molecule has 0 fully saturated rings. The van der Waals surface area contributed by atoms with Gasteiger partial charge in [-0.1, -0.05) is 19.4 Å². The predicted molar refractivity (Wildman–Crippen MR) is 106 cm³/mol. The molecule has 0 spiro atoms. The predicted octanol–water partition coefficient (Wildman–Crippen LogP) is 3.83. The van der Waals surface area contributed by atoms with E-state index < -0.39 is 17.2 Å². The third kappa shape index (κ3) is 4.96. The average molecular weight is 417 g/mol. The van der Waals surface area contributed by atoms with E-state index in [0.29, 0.717) is 10.6 Å². The van der Waals surface area contributed by atoms with Crippen LogP contribution in [0.25, 0.3) is 0 Å². The molecule has 0 unspecified atom stereocenters. The summed E-state index contributed by atoms with van der Waals surface area (Å²) in [6.07, 6.45) is 5.64. The molecule has 3 rings (SSSR count). The standard InChI is InChI=1S/C20H21F2N5OS/c1-2-3-4-16-7-14(9-23)19(29-16)25-10-20(28,11-27-13-24-12-26-27)17-6-5-15(21)8-18(17)22/h5-8,12-13,25,28H,2-4,10-11H2,1H3/t20-/m0/s1. The van der Waals surface area contributed by atoms with Crippen LogP contribution in [0.2, 0.25) is 0 Å². The Morgan fingerprint density at radius 1 is 1.34 bits per heavy atom. The molecule has 152 valence electrons. The van der Waals surface area contributed by atoms with Crippen molar-refractivity contribution in [1.29, 1.82) is 5.26 Å². The van der Waals surface area contributed by atoms with E-state index >= 15 is 0 Å². The molecule has 0 aliphatic carbocycles. The zero-order chi connectivity index (χ0) is 20.9. The Morgan fingerprint density at radius 3 is 2.83 bits per heavy atom. The van der Waals surface area contributed by atoms with E-state index in [1.807, 2.05) is 6.07 Å². The van der Waals surface area contributed by atoms with Crippen molar-refractivity contribution in [3.05, 3.63) is 64.6 Å². The van der Waals surface area contributed by atoms with Crippen LogP contribution < -0.4 is 5.32 Å². The highest BCUT2D eigenvalue weighted by Crippen LogP contribution is 2.32. The molecule has 0 saturated carbocycles. The molecule has 3 aromatic rings. The fourth-order valence-electron chi connectivity index (χ4n) is 3.04. The van der Waals surface area contributed by atoms with Gasteiger partial charge in [-0.2, -0.15) is 10.4 Å². The number of nitriles is 1. The molecule has 2 N–H and O–H groups in total. The van der Waals surface area contributed by atoms with Crippen molar-refractivity contribution in [2.45, 2.75) is 38.3 Å². The van der Waals surface area contributed by atoms with Gasteiger partial charge in [0.2, 0.25) is 0 Å². The molecule has 1 aromatic carbocycles. The van der Waals surface area contributed by atoms with Crippen molar-refractivity contribution >= 4 is 16.3 Å². The van der Waals surface area contributed by atoms with Gasteiger partial charge in [0.05, 0.1) is 18.7 Å². The lowest BCUT2D eigenvalue weighted by Crippen LogP contribution is -2.39. The molecular weight excluding hydrogens is 396 g/mol. The van der Waals surface area contributed by atoms with Crippen LogP contribution >= 0.6 is 11.3 Å². The summed E-state index contributed by atoms with van der Waals surface area (Å²) in [6, 6.07) is 7.03. The molecule has 6 nitrogen and oxygen atoms in total. The minimum absolute atomic E-state index is 0.0665. The van der Waals surface area contributed by atoms with Crippen molar-refractivity contribution in [2.24, 2.45) is 0 Å². The van der Waals surface area contributed by atoms with Crippen molar-refractivity contribution < 1.29 is 13.9 Å². The molecule has 2 heterocycles. The number of nitrogens with one attached hydrogen (secondary N) is 1. The van der Waals surface area contributed by atoms with E-state index in [1.54, 1.807) is 0 Å². The quantitative estimate of drug-likeness (QED) is 0.553. The Morgan fingerprint density at radius 2 is 2.17 bits per heavy atom. The molecule has 0 amide bonds. The van der Waals surface area contributed by atoms with Crippen LogP contribution in [0.3, 0.4) is 0 Å². The Balaban J connectivity index is 1.88. The Hall–Kier alpha value is -2.83. The normalized spacial score (nSPS) is 13.1. The lowest BCUT2D eigenvalue weighted by atomic mass is 9.93. The first kappa shape index (κ1) is 20.9. The minimum atomic E-state index is -1.74. The van der Waals surface area contributed by atoms with Gasteiger partial charge in [0.15, 0.2) is 0 Å². The number of aryl methyl sites for hydroxylation is 1. The lowest BCUT2D eigenvalue weighted by Gasteiger charge is -2.29. The molecule has 9 heteroatoms. The van der Waals surface area contributed by atoms with E-state index in [1.165, 1.54) is 34.7 Å². The molecular formula is C20H21F2N5OS. The van der Waals surface area contributed by atoms with Crippen LogP contribution in [0.15, 0.2) is 36.9 Å². The van der Waals surface area contributed by atoms with Crippen LogP contribution in [0.5, 0.6) is 0 Å². The second kappa shape index (κ2) is 9.11. The summed E-state index contributed by atoms with van der Waals surface area (Å²) in [5.74, 6) is -1.59. The van der Waals surface area contributed by atoms with Crippen LogP contribution in [0.4, 0.5) is 13.8 Å². The summed E-state index contributed by atoms with van der Waals surface area (Å²) >= 11 is 1.44. The minimum Gasteiger partial charge on any atom is -0.381 e. The summed E-state index contributed by atoms with van der Waals surface area (Å²) in [5, 5.41) is 28.4. The van der Waals surface area contributed by atoms with Gasteiger partial charge in [-0.25, -0.2) is 18.4 Å². The van der Waals surface area contributed by atoms with Crippen molar-refractivity contribution in [3.63, 3.8) is 0 Å². The van der Waals surface area contributed by atoms with Crippen molar-refractivity contribution in [2.75, 3.05) is 11.9 Å². The van der Waals surface area contributed by atoms with Crippen molar-refractivity contribution in [1.82, 2.24) is 14.8 Å². The zero-order valence-electron chi connectivity index (χ0n) is 15.9. The van der Waals surface area contributed by atoms with Gasteiger partial charge in [0.25, 0.3) is 0 Å². The molecule has 29 heavy (non-hydrogen) atoms. The number of thiophene rings is 1. The highest BCUT2D eigenvalue weighted by atomic mass is 32.1. The molecule has 0 aliphatic rings. The molecule has 0 saturated heterocycles. The molecule has 0 radical (unpaired) electrons. The molecule has 0 bridgehead atoms. The molecule has 1 atom stereocenters. The summed E-state index contributed by atoms with van der Waals surface area (Å²) in [6.45, 7) is 1.90.